The van der Waals surface area contributed by atoms with Crippen molar-refractivity contribution >= 4 is 17.7 Å². The molecular weight excluding hydrogens is 382 g/mol. The lowest BCUT2D eigenvalue weighted by Crippen LogP contribution is -2.50. The van der Waals surface area contributed by atoms with Gasteiger partial charge in [-0.3, -0.25) is 4.79 Å². The molecule has 6 heteroatoms. The second kappa shape index (κ2) is 8.50. The molecule has 1 saturated carbocycles. The Balaban J connectivity index is 1.36. The largest absolute Gasteiger partial charge is 0.411 e. The van der Waals surface area contributed by atoms with Crippen LogP contribution in [0.25, 0.3) is 11.5 Å². The van der Waals surface area contributed by atoms with Gasteiger partial charge in [-0.25, -0.2) is 0 Å². The number of thioether (sulfide) groups is 1. The molecule has 2 aliphatic rings. The number of amides is 1. The maximum Gasteiger partial charge on any atom is 0.277 e. The molecule has 0 N–H and O–H groups in total. The third-order valence-electron chi connectivity index (χ3n) is 6.29. The van der Waals surface area contributed by atoms with Crippen LogP contribution in [0.5, 0.6) is 0 Å². The van der Waals surface area contributed by atoms with Gasteiger partial charge in [-0.2, -0.15) is 0 Å². The Morgan fingerprint density at radius 1 is 1.10 bits per heavy atom. The van der Waals surface area contributed by atoms with Crippen molar-refractivity contribution in [3.05, 3.63) is 29.8 Å². The molecular formula is C23H31N3O2S. The Morgan fingerprint density at radius 2 is 1.83 bits per heavy atom. The van der Waals surface area contributed by atoms with E-state index < -0.39 is 0 Å². The third kappa shape index (κ3) is 4.68. The third-order valence-corrected chi connectivity index (χ3v) is 7.09. The number of likely N-dealkylation sites (tertiary alicyclic amines) is 1. The normalized spacial score (nSPS) is 22.4. The maximum absolute atomic E-state index is 12.8. The van der Waals surface area contributed by atoms with E-state index in [4.69, 9.17) is 4.42 Å². The molecule has 156 valence electrons. The van der Waals surface area contributed by atoms with Crippen molar-refractivity contribution in [3.63, 3.8) is 0 Å². The summed E-state index contributed by atoms with van der Waals surface area (Å²) in [4.78, 5) is 15.0. The fraction of sp³-hybridized carbons (Fsp3) is 0.609. The average Bonchev–Trinajstić information content (AvgIpc) is 3.20. The van der Waals surface area contributed by atoms with Crippen LogP contribution in [0.15, 0.2) is 33.9 Å². The lowest BCUT2D eigenvalue weighted by atomic mass is 9.78. The van der Waals surface area contributed by atoms with E-state index in [9.17, 15) is 4.79 Å². The van der Waals surface area contributed by atoms with Crippen LogP contribution in [0, 0.1) is 5.92 Å². The number of benzene rings is 1. The Kier molecular flexibility index (Phi) is 6.00. The minimum absolute atomic E-state index is 0.112. The van der Waals surface area contributed by atoms with Crippen molar-refractivity contribution < 1.29 is 9.21 Å². The zero-order chi connectivity index (χ0) is 20.4. The van der Waals surface area contributed by atoms with Crippen LogP contribution >= 0.6 is 11.8 Å². The summed E-state index contributed by atoms with van der Waals surface area (Å²) in [5.41, 5.74) is 2.29. The van der Waals surface area contributed by atoms with Gasteiger partial charge in [-0.15, -0.1) is 10.2 Å². The van der Waals surface area contributed by atoms with Gasteiger partial charge < -0.3 is 9.32 Å². The topological polar surface area (TPSA) is 59.2 Å². The van der Waals surface area contributed by atoms with Gasteiger partial charge in [0.05, 0.1) is 5.75 Å². The monoisotopic (exact) mass is 413 g/mol. The average molecular weight is 414 g/mol. The van der Waals surface area contributed by atoms with Crippen molar-refractivity contribution in [2.45, 2.75) is 76.0 Å². The Hall–Kier alpha value is -1.82. The molecule has 1 saturated heterocycles. The van der Waals surface area contributed by atoms with E-state index in [-0.39, 0.29) is 11.3 Å². The SMILES string of the molecule is CC(C)(C)c1ccc(-c2nnc(SCC(=O)N3CCC[C@H]4CCCC[C@H]43)o2)cc1. The number of fused-ring (bicyclic) bond motifs is 1. The molecule has 29 heavy (non-hydrogen) atoms. The van der Waals surface area contributed by atoms with Crippen LogP contribution in [0.1, 0.15) is 64.9 Å². The maximum atomic E-state index is 12.8. The number of hydrogen-bond acceptors (Lipinski definition) is 5. The van der Waals surface area contributed by atoms with E-state index >= 15 is 0 Å². The van der Waals surface area contributed by atoms with E-state index in [1.807, 2.05) is 12.1 Å². The van der Waals surface area contributed by atoms with Crippen LogP contribution < -0.4 is 0 Å². The second-order valence-electron chi connectivity index (χ2n) is 9.33. The van der Waals surface area contributed by atoms with Gasteiger partial charge in [0.25, 0.3) is 5.22 Å². The van der Waals surface area contributed by atoms with Crippen molar-refractivity contribution in [2.24, 2.45) is 5.92 Å². The molecule has 0 radical (unpaired) electrons. The molecule has 4 rings (SSSR count). The summed E-state index contributed by atoms with van der Waals surface area (Å²) in [6, 6.07) is 8.69. The van der Waals surface area contributed by atoms with E-state index in [1.54, 1.807) is 0 Å². The zero-order valence-corrected chi connectivity index (χ0v) is 18.5. The van der Waals surface area contributed by atoms with Gasteiger partial charge in [0, 0.05) is 18.2 Å². The van der Waals surface area contributed by atoms with Gasteiger partial charge in [-0.05, 0) is 54.7 Å². The lowest BCUT2D eigenvalue weighted by Gasteiger charge is -2.44. The molecule has 1 aromatic heterocycles. The molecule has 0 unspecified atom stereocenters. The van der Waals surface area contributed by atoms with Gasteiger partial charge in [0.15, 0.2) is 0 Å². The quantitative estimate of drug-likeness (QED) is 0.636. The van der Waals surface area contributed by atoms with Crippen LogP contribution in [0.4, 0.5) is 0 Å². The van der Waals surface area contributed by atoms with Gasteiger partial charge in [0.1, 0.15) is 0 Å². The highest BCUT2D eigenvalue weighted by molar-refractivity contribution is 7.99. The first-order chi connectivity index (χ1) is 13.9. The molecule has 2 heterocycles. The number of hydrogen-bond donors (Lipinski definition) is 0. The second-order valence-corrected chi connectivity index (χ2v) is 10.3. The molecule has 5 nitrogen and oxygen atoms in total. The van der Waals surface area contributed by atoms with Crippen LogP contribution in [0.3, 0.4) is 0 Å². The smallest absolute Gasteiger partial charge is 0.277 e. The lowest BCUT2D eigenvalue weighted by molar-refractivity contribution is -0.134. The number of aromatic nitrogens is 2. The molecule has 1 aliphatic carbocycles. The Morgan fingerprint density at radius 3 is 2.59 bits per heavy atom. The molecule has 0 bridgehead atoms. The fourth-order valence-corrected chi connectivity index (χ4v) is 5.29. The van der Waals surface area contributed by atoms with Crippen molar-refractivity contribution in [3.8, 4) is 11.5 Å². The van der Waals surface area contributed by atoms with Crippen LogP contribution in [0.2, 0.25) is 0 Å². The van der Waals surface area contributed by atoms with E-state index in [0.717, 1.165) is 24.9 Å². The number of rotatable bonds is 4. The van der Waals surface area contributed by atoms with Gasteiger partial charge >= 0.3 is 0 Å². The summed E-state index contributed by atoms with van der Waals surface area (Å²) >= 11 is 1.35. The summed E-state index contributed by atoms with van der Waals surface area (Å²) in [5, 5.41) is 8.77. The fourth-order valence-electron chi connectivity index (χ4n) is 4.64. The minimum atomic E-state index is 0.112. The van der Waals surface area contributed by atoms with Gasteiger partial charge in [-0.1, -0.05) is 57.5 Å². The first kappa shape index (κ1) is 20.5. The zero-order valence-electron chi connectivity index (χ0n) is 17.7. The minimum Gasteiger partial charge on any atom is -0.411 e. The van der Waals surface area contributed by atoms with Crippen molar-refractivity contribution in [2.75, 3.05) is 12.3 Å². The van der Waals surface area contributed by atoms with E-state index in [1.165, 1.54) is 43.0 Å². The molecule has 0 spiro atoms. The summed E-state index contributed by atoms with van der Waals surface area (Å²) in [7, 11) is 0. The van der Waals surface area contributed by atoms with E-state index in [2.05, 4.69) is 48.0 Å². The van der Waals surface area contributed by atoms with E-state index in [0.29, 0.717) is 28.8 Å². The van der Waals surface area contributed by atoms with Crippen molar-refractivity contribution in [1.29, 1.82) is 0 Å². The molecule has 2 fully saturated rings. The number of nitrogens with zero attached hydrogens (tertiary/aromatic N) is 3. The highest BCUT2D eigenvalue weighted by Crippen LogP contribution is 2.36. The highest BCUT2D eigenvalue weighted by Gasteiger charge is 2.35. The van der Waals surface area contributed by atoms with Crippen LogP contribution in [-0.2, 0) is 10.2 Å². The van der Waals surface area contributed by atoms with Gasteiger partial charge in [0.2, 0.25) is 11.8 Å². The molecule has 2 aromatic rings. The predicted molar refractivity (Wildman–Crippen MR) is 116 cm³/mol. The first-order valence-corrected chi connectivity index (χ1v) is 11.8. The Labute approximate surface area is 177 Å². The molecule has 1 aliphatic heterocycles. The summed E-state index contributed by atoms with van der Waals surface area (Å²) in [5.74, 6) is 1.79. The standard InChI is InChI=1S/C23H31N3O2S/c1-23(2,3)18-12-10-17(11-13-18)21-24-25-22(28-21)29-15-20(27)26-14-6-8-16-7-4-5-9-19(16)26/h10-13,16,19H,4-9,14-15H2,1-3H3/t16-,19-/m1/s1. The first-order valence-electron chi connectivity index (χ1n) is 10.8. The summed E-state index contributed by atoms with van der Waals surface area (Å²) < 4.78 is 5.81. The highest BCUT2D eigenvalue weighted by atomic mass is 32.2. The van der Waals surface area contributed by atoms with Crippen molar-refractivity contribution in [1.82, 2.24) is 15.1 Å². The number of piperidine rings is 1. The summed E-state index contributed by atoms with van der Waals surface area (Å²) in [6.45, 7) is 7.48. The predicted octanol–water partition coefficient (Wildman–Crippen LogP) is 5.31. The Bertz CT molecular complexity index is 839. The number of carbonyl (C=O) groups is 1. The van der Waals surface area contributed by atoms with Crippen LogP contribution in [-0.4, -0.2) is 39.3 Å². The molecule has 1 aromatic carbocycles. The number of carbonyl (C=O) groups excluding carboxylic acids is 1. The molecule has 1 amide bonds. The molecule has 2 atom stereocenters. The summed E-state index contributed by atoms with van der Waals surface area (Å²) in [6.07, 6.45) is 7.42.